The number of hydrogen-bond donors (Lipinski definition) is 2. The first-order chi connectivity index (χ1) is 9.44. The highest BCUT2D eigenvalue weighted by Gasteiger charge is 2.23. The predicted octanol–water partition coefficient (Wildman–Crippen LogP) is 2.55. The lowest BCUT2D eigenvalue weighted by atomic mass is 10.4. The van der Waals surface area contributed by atoms with Crippen LogP contribution in [-0.4, -0.2) is 19.5 Å². The van der Waals surface area contributed by atoms with E-state index in [4.69, 9.17) is 5.11 Å². The molecule has 0 fully saturated rings. The molecule has 0 atom stereocenters. The van der Waals surface area contributed by atoms with Crippen LogP contribution in [-0.2, 0) is 23.0 Å². The SMILES string of the molecule is CCc1ccc(CNS(=O)(=O)c2ccsc2C(=O)O)s1. The third-order valence-electron chi connectivity index (χ3n) is 2.62. The third kappa shape index (κ3) is 3.26. The molecule has 2 N–H and O–H groups in total. The van der Waals surface area contributed by atoms with Crippen molar-refractivity contribution in [3.8, 4) is 0 Å². The molecule has 2 aromatic heterocycles. The van der Waals surface area contributed by atoms with Crippen molar-refractivity contribution >= 4 is 38.7 Å². The van der Waals surface area contributed by atoms with E-state index in [2.05, 4.69) is 4.72 Å². The van der Waals surface area contributed by atoms with Crippen LogP contribution in [0.4, 0.5) is 0 Å². The Balaban J connectivity index is 2.15. The average Bonchev–Trinajstić information content (AvgIpc) is 3.05. The molecule has 0 unspecified atom stereocenters. The number of aryl methyl sites for hydroxylation is 1. The van der Waals surface area contributed by atoms with E-state index in [0.717, 1.165) is 22.6 Å². The van der Waals surface area contributed by atoms with E-state index in [9.17, 15) is 13.2 Å². The fourth-order valence-corrected chi connectivity index (χ4v) is 4.87. The van der Waals surface area contributed by atoms with Gasteiger partial charge in [0.15, 0.2) is 0 Å². The van der Waals surface area contributed by atoms with Crippen LogP contribution in [0.2, 0.25) is 0 Å². The van der Waals surface area contributed by atoms with Gasteiger partial charge in [-0.05, 0) is 30.0 Å². The Morgan fingerprint density at radius 3 is 2.60 bits per heavy atom. The fourth-order valence-electron chi connectivity index (χ4n) is 1.62. The van der Waals surface area contributed by atoms with Crippen molar-refractivity contribution in [2.75, 3.05) is 0 Å². The van der Waals surface area contributed by atoms with E-state index in [1.807, 2.05) is 19.1 Å². The molecule has 0 aliphatic rings. The summed E-state index contributed by atoms with van der Waals surface area (Å²) < 4.78 is 26.6. The second-order valence-corrected chi connectivity index (χ2v) is 7.87. The highest BCUT2D eigenvalue weighted by molar-refractivity contribution is 7.89. The first-order valence-electron chi connectivity index (χ1n) is 5.82. The van der Waals surface area contributed by atoms with E-state index in [1.54, 1.807) is 11.3 Å². The minimum atomic E-state index is -3.80. The molecular weight excluding hydrogens is 318 g/mol. The normalized spacial score (nSPS) is 11.7. The third-order valence-corrected chi connectivity index (χ3v) is 6.32. The van der Waals surface area contributed by atoms with Crippen LogP contribution in [0.5, 0.6) is 0 Å². The van der Waals surface area contributed by atoms with Gasteiger partial charge in [0, 0.05) is 16.3 Å². The lowest BCUT2D eigenvalue weighted by Crippen LogP contribution is -2.23. The molecule has 0 saturated heterocycles. The van der Waals surface area contributed by atoms with Gasteiger partial charge in [-0.2, -0.15) is 0 Å². The largest absolute Gasteiger partial charge is 0.477 e. The molecule has 2 rings (SSSR count). The van der Waals surface area contributed by atoms with Gasteiger partial charge in [-0.25, -0.2) is 17.9 Å². The number of rotatable bonds is 6. The number of carboxylic acid groups (broad SMARTS) is 1. The zero-order chi connectivity index (χ0) is 14.8. The van der Waals surface area contributed by atoms with E-state index in [1.165, 1.54) is 16.3 Å². The Kier molecular flexibility index (Phi) is 4.59. The minimum absolute atomic E-state index is 0.169. The molecule has 8 heteroatoms. The summed E-state index contributed by atoms with van der Waals surface area (Å²) in [5.74, 6) is -1.23. The van der Waals surface area contributed by atoms with Gasteiger partial charge in [-0.1, -0.05) is 6.92 Å². The first-order valence-corrected chi connectivity index (χ1v) is 9.00. The maximum absolute atomic E-state index is 12.1. The highest BCUT2D eigenvalue weighted by Crippen LogP contribution is 2.23. The molecule has 108 valence electrons. The molecule has 0 aliphatic heterocycles. The molecule has 0 saturated carbocycles. The van der Waals surface area contributed by atoms with E-state index in [0.29, 0.717) is 0 Å². The summed E-state index contributed by atoms with van der Waals surface area (Å²) >= 11 is 2.44. The maximum atomic E-state index is 12.1. The molecule has 0 amide bonds. The maximum Gasteiger partial charge on any atom is 0.347 e. The molecule has 20 heavy (non-hydrogen) atoms. The second kappa shape index (κ2) is 6.04. The van der Waals surface area contributed by atoms with Crippen molar-refractivity contribution in [3.63, 3.8) is 0 Å². The van der Waals surface area contributed by atoms with Crippen LogP contribution in [0.3, 0.4) is 0 Å². The predicted molar refractivity (Wildman–Crippen MR) is 79.0 cm³/mol. The number of hydrogen-bond acceptors (Lipinski definition) is 5. The summed E-state index contributed by atoms with van der Waals surface area (Å²) in [5.41, 5.74) is 0. The molecule has 5 nitrogen and oxygen atoms in total. The molecule has 0 aliphatic carbocycles. The first kappa shape index (κ1) is 15.2. The van der Waals surface area contributed by atoms with Crippen molar-refractivity contribution < 1.29 is 18.3 Å². The summed E-state index contributed by atoms with van der Waals surface area (Å²) in [6.45, 7) is 2.20. The Morgan fingerprint density at radius 1 is 1.30 bits per heavy atom. The molecule has 0 bridgehead atoms. The lowest BCUT2D eigenvalue weighted by molar-refractivity contribution is 0.0698. The monoisotopic (exact) mass is 331 g/mol. The summed E-state index contributed by atoms with van der Waals surface area (Å²) in [7, 11) is -3.80. The Labute approximate surface area is 124 Å². The smallest absolute Gasteiger partial charge is 0.347 e. The number of nitrogens with one attached hydrogen (secondary N) is 1. The lowest BCUT2D eigenvalue weighted by Gasteiger charge is -2.04. The second-order valence-electron chi connectivity index (χ2n) is 3.97. The van der Waals surface area contributed by atoms with Crippen LogP contribution in [0.15, 0.2) is 28.5 Å². The Morgan fingerprint density at radius 2 is 2.00 bits per heavy atom. The van der Waals surface area contributed by atoms with Gasteiger partial charge in [-0.15, -0.1) is 22.7 Å². The van der Waals surface area contributed by atoms with Gasteiger partial charge in [0.05, 0.1) is 0 Å². The zero-order valence-corrected chi connectivity index (χ0v) is 13.1. The van der Waals surface area contributed by atoms with Gasteiger partial charge < -0.3 is 5.11 Å². The average molecular weight is 331 g/mol. The van der Waals surface area contributed by atoms with Crippen LogP contribution in [0.1, 0.15) is 26.3 Å². The number of aromatic carboxylic acids is 1. The van der Waals surface area contributed by atoms with Crippen LogP contribution in [0.25, 0.3) is 0 Å². The van der Waals surface area contributed by atoms with Crippen molar-refractivity contribution in [3.05, 3.63) is 38.2 Å². The van der Waals surface area contributed by atoms with Gasteiger partial charge >= 0.3 is 5.97 Å². The summed E-state index contributed by atoms with van der Waals surface area (Å²) in [6.07, 6.45) is 0.908. The van der Waals surface area contributed by atoms with Crippen LogP contribution in [0, 0.1) is 0 Å². The van der Waals surface area contributed by atoms with E-state index < -0.39 is 16.0 Å². The molecule has 2 aromatic rings. The summed E-state index contributed by atoms with van der Waals surface area (Å²) in [5, 5.41) is 10.4. The zero-order valence-electron chi connectivity index (χ0n) is 10.6. The summed E-state index contributed by atoms with van der Waals surface area (Å²) in [6, 6.07) is 5.14. The van der Waals surface area contributed by atoms with Crippen molar-refractivity contribution in [2.45, 2.75) is 24.8 Å². The van der Waals surface area contributed by atoms with Crippen LogP contribution >= 0.6 is 22.7 Å². The van der Waals surface area contributed by atoms with Gasteiger partial charge in [0.25, 0.3) is 0 Å². The standard InChI is InChI=1S/C12H13NO4S3/c1-2-8-3-4-9(19-8)7-13-20(16,17)10-5-6-18-11(10)12(14)15/h3-6,13H,2,7H2,1H3,(H,14,15). The Bertz CT molecular complexity index is 715. The van der Waals surface area contributed by atoms with E-state index in [-0.39, 0.29) is 16.3 Å². The minimum Gasteiger partial charge on any atom is -0.477 e. The number of carbonyl (C=O) groups is 1. The molecule has 0 radical (unpaired) electrons. The molecule has 0 aromatic carbocycles. The molecule has 2 heterocycles. The fraction of sp³-hybridized carbons (Fsp3) is 0.250. The van der Waals surface area contributed by atoms with Crippen LogP contribution < -0.4 is 4.72 Å². The molecular formula is C12H13NO4S3. The van der Waals surface area contributed by atoms with Crippen molar-refractivity contribution in [1.82, 2.24) is 4.72 Å². The summed E-state index contributed by atoms with van der Waals surface area (Å²) in [4.78, 5) is 12.7. The quantitative estimate of drug-likeness (QED) is 0.852. The highest BCUT2D eigenvalue weighted by atomic mass is 32.2. The number of sulfonamides is 1. The molecule has 0 spiro atoms. The number of thiophene rings is 2. The van der Waals surface area contributed by atoms with E-state index >= 15 is 0 Å². The topological polar surface area (TPSA) is 83.5 Å². The number of carboxylic acids is 1. The van der Waals surface area contributed by atoms with Crippen molar-refractivity contribution in [1.29, 1.82) is 0 Å². The van der Waals surface area contributed by atoms with Gasteiger partial charge in [-0.3, -0.25) is 0 Å². The Hall–Kier alpha value is -1.22. The van der Waals surface area contributed by atoms with Gasteiger partial charge in [0.1, 0.15) is 9.77 Å². The van der Waals surface area contributed by atoms with Gasteiger partial charge in [0.2, 0.25) is 10.0 Å². The van der Waals surface area contributed by atoms with Crippen molar-refractivity contribution in [2.24, 2.45) is 0 Å².